The second-order valence-electron chi connectivity index (χ2n) is 8.46. The fourth-order valence-corrected chi connectivity index (χ4v) is 4.22. The van der Waals surface area contributed by atoms with E-state index in [1.54, 1.807) is 6.07 Å². The lowest BCUT2D eigenvalue weighted by atomic mass is 9.94. The molecular weight excluding hydrogens is 523 g/mol. The van der Waals surface area contributed by atoms with E-state index in [9.17, 15) is 9.59 Å². The fourth-order valence-electron chi connectivity index (χ4n) is 3.38. The highest BCUT2D eigenvalue weighted by Crippen LogP contribution is 2.22. The Bertz CT molecular complexity index is 964. The van der Waals surface area contributed by atoms with E-state index >= 15 is 0 Å². The molecule has 6 nitrogen and oxygen atoms in total. The van der Waals surface area contributed by atoms with Gasteiger partial charge in [-0.25, -0.2) is 0 Å². The number of rotatable bonds is 3. The molecule has 0 aliphatic carbocycles. The van der Waals surface area contributed by atoms with Gasteiger partial charge >= 0.3 is 0 Å². The van der Waals surface area contributed by atoms with Gasteiger partial charge in [0.05, 0.1) is 5.56 Å². The Hall–Kier alpha value is -2.20. The molecule has 164 valence electrons. The van der Waals surface area contributed by atoms with E-state index in [0.717, 1.165) is 41.1 Å². The Morgan fingerprint density at radius 2 is 1.58 bits per heavy atom. The fraction of sp³-hybridized carbons (Fsp3) is 0.348. The molecule has 31 heavy (non-hydrogen) atoms. The third kappa shape index (κ3) is 6.16. The van der Waals surface area contributed by atoms with Crippen LogP contribution in [-0.4, -0.2) is 48.0 Å². The van der Waals surface area contributed by atoms with E-state index in [4.69, 9.17) is 12.2 Å². The van der Waals surface area contributed by atoms with Gasteiger partial charge in [-0.15, -0.1) is 0 Å². The van der Waals surface area contributed by atoms with Gasteiger partial charge in [0.2, 0.25) is 5.91 Å². The minimum atomic E-state index is -0.345. The number of piperazine rings is 1. The van der Waals surface area contributed by atoms with Crippen molar-refractivity contribution in [3.8, 4) is 0 Å². The molecule has 0 saturated carbocycles. The molecule has 1 heterocycles. The molecular formula is C23H27IN4O2S. The van der Waals surface area contributed by atoms with E-state index in [1.165, 1.54) is 0 Å². The van der Waals surface area contributed by atoms with E-state index in [-0.39, 0.29) is 22.3 Å². The summed E-state index contributed by atoms with van der Waals surface area (Å²) in [4.78, 5) is 29.1. The summed E-state index contributed by atoms with van der Waals surface area (Å²) in [6, 6.07) is 15.3. The van der Waals surface area contributed by atoms with Gasteiger partial charge in [-0.1, -0.05) is 32.9 Å². The first-order valence-electron chi connectivity index (χ1n) is 10.2. The molecule has 3 rings (SSSR count). The number of thiocarbonyl (C=S) groups is 1. The average molecular weight is 550 g/mol. The number of carbonyl (C=O) groups excluding carboxylic acids is 2. The van der Waals surface area contributed by atoms with Gasteiger partial charge in [0.25, 0.3) is 5.91 Å². The Morgan fingerprint density at radius 3 is 2.16 bits per heavy atom. The molecule has 0 spiro atoms. The van der Waals surface area contributed by atoms with Gasteiger partial charge in [-0.05, 0) is 71.2 Å². The van der Waals surface area contributed by atoms with Crippen LogP contribution in [0.5, 0.6) is 0 Å². The van der Waals surface area contributed by atoms with Crippen LogP contribution in [0.1, 0.15) is 31.1 Å². The van der Waals surface area contributed by atoms with Crippen LogP contribution in [-0.2, 0) is 4.79 Å². The van der Waals surface area contributed by atoms with Crippen LogP contribution in [0.4, 0.5) is 11.4 Å². The summed E-state index contributed by atoms with van der Waals surface area (Å²) >= 11 is 7.42. The third-order valence-corrected chi connectivity index (χ3v) is 6.19. The number of anilines is 2. The second kappa shape index (κ2) is 9.95. The van der Waals surface area contributed by atoms with Crippen LogP contribution in [0.15, 0.2) is 48.5 Å². The monoisotopic (exact) mass is 550 g/mol. The molecule has 1 saturated heterocycles. The number of benzene rings is 2. The molecule has 1 aliphatic heterocycles. The molecule has 2 amide bonds. The molecule has 2 N–H and O–H groups in total. The van der Waals surface area contributed by atoms with Gasteiger partial charge < -0.3 is 15.1 Å². The van der Waals surface area contributed by atoms with E-state index in [2.05, 4.69) is 38.1 Å². The lowest BCUT2D eigenvalue weighted by molar-refractivity contribution is -0.139. The smallest absolute Gasteiger partial charge is 0.258 e. The summed E-state index contributed by atoms with van der Waals surface area (Å²) in [6.07, 6.45) is 0. The zero-order valence-corrected chi connectivity index (χ0v) is 20.9. The van der Waals surface area contributed by atoms with Gasteiger partial charge in [0, 0.05) is 46.5 Å². The molecule has 0 aromatic heterocycles. The van der Waals surface area contributed by atoms with Crippen LogP contribution >= 0.6 is 34.8 Å². The predicted molar refractivity (Wildman–Crippen MR) is 138 cm³/mol. The summed E-state index contributed by atoms with van der Waals surface area (Å²) in [6.45, 7) is 8.94. The molecule has 8 heteroatoms. The maximum Gasteiger partial charge on any atom is 0.258 e. The summed E-state index contributed by atoms with van der Waals surface area (Å²) in [5.41, 5.74) is 2.15. The van der Waals surface area contributed by atoms with Crippen molar-refractivity contribution in [2.24, 2.45) is 5.41 Å². The number of hydrogen-bond acceptors (Lipinski definition) is 4. The SMILES string of the molecule is CC(C)(C)C(=O)N1CCN(c2ccc(NC(=S)NC(=O)c3ccccc3I)cc2)CC1. The number of halogens is 1. The normalized spacial score (nSPS) is 14.2. The van der Waals surface area contributed by atoms with Crippen molar-refractivity contribution in [2.75, 3.05) is 36.4 Å². The summed E-state index contributed by atoms with van der Waals surface area (Å²) in [5, 5.41) is 6.03. The summed E-state index contributed by atoms with van der Waals surface area (Å²) in [7, 11) is 0. The topological polar surface area (TPSA) is 64.7 Å². The van der Waals surface area contributed by atoms with E-state index in [1.807, 2.05) is 68.1 Å². The first-order chi connectivity index (χ1) is 14.6. The molecule has 0 radical (unpaired) electrons. The van der Waals surface area contributed by atoms with Crippen molar-refractivity contribution >= 4 is 63.1 Å². The highest BCUT2D eigenvalue weighted by atomic mass is 127. The largest absolute Gasteiger partial charge is 0.368 e. The Labute approximate surface area is 202 Å². The Kier molecular flexibility index (Phi) is 7.53. The first kappa shape index (κ1) is 23.5. The number of amides is 2. The molecule has 0 atom stereocenters. The van der Waals surface area contributed by atoms with Gasteiger partial charge in [0.15, 0.2) is 5.11 Å². The minimum absolute atomic E-state index is 0.201. The Morgan fingerprint density at radius 1 is 0.968 bits per heavy atom. The van der Waals surface area contributed by atoms with E-state index < -0.39 is 0 Å². The van der Waals surface area contributed by atoms with Crippen LogP contribution < -0.4 is 15.5 Å². The van der Waals surface area contributed by atoms with Crippen molar-refractivity contribution in [1.29, 1.82) is 0 Å². The molecule has 2 aromatic rings. The maximum absolute atomic E-state index is 12.5. The number of nitrogens with zero attached hydrogens (tertiary/aromatic N) is 2. The zero-order chi connectivity index (χ0) is 22.6. The van der Waals surface area contributed by atoms with Crippen LogP contribution in [0, 0.1) is 8.99 Å². The predicted octanol–water partition coefficient (Wildman–Crippen LogP) is 4.11. The van der Waals surface area contributed by atoms with Crippen molar-refractivity contribution in [1.82, 2.24) is 10.2 Å². The van der Waals surface area contributed by atoms with Crippen LogP contribution in [0.25, 0.3) is 0 Å². The van der Waals surface area contributed by atoms with Crippen molar-refractivity contribution in [3.63, 3.8) is 0 Å². The number of carbonyl (C=O) groups is 2. The molecule has 1 fully saturated rings. The number of nitrogens with one attached hydrogen (secondary N) is 2. The van der Waals surface area contributed by atoms with Crippen LogP contribution in [0.2, 0.25) is 0 Å². The molecule has 0 bridgehead atoms. The maximum atomic E-state index is 12.5. The van der Waals surface area contributed by atoms with Gasteiger partial charge in [-0.2, -0.15) is 0 Å². The summed E-state index contributed by atoms with van der Waals surface area (Å²) in [5.74, 6) is -0.0331. The minimum Gasteiger partial charge on any atom is -0.368 e. The van der Waals surface area contributed by atoms with Gasteiger partial charge in [-0.3, -0.25) is 14.9 Å². The quantitative estimate of drug-likeness (QED) is 0.445. The lowest BCUT2D eigenvalue weighted by Crippen LogP contribution is -2.51. The standard InChI is InChI=1S/C23H27IN4O2S/c1-23(2,3)21(30)28-14-12-27(13-15-28)17-10-8-16(9-11-17)25-22(31)26-20(29)18-6-4-5-7-19(18)24/h4-11H,12-15H2,1-3H3,(H2,25,26,29,31). The van der Waals surface area contributed by atoms with Crippen molar-refractivity contribution < 1.29 is 9.59 Å². The third-order valence-electron chi connectivity index (χ3n) is 5.04. The number of hydrogen-bond donors (Lipinski definition) is 2. The highest BCUT2D eigenvalue weighted by molar-refractivity contribution is 14.1. The van der Waals surface area contributed by atoms with E-state index in [0.29, 0.717) is 5.56 Å². The molecule has 1 aliphatic rings. The molecule has 2 aromatic carbocycles. The lowest BCUT2D eigenvalue weighted by Gasteiger charge is -2.38. The molecule has 0 unspecified atom stereocenters. The second-order valence-corrected chi connectivity index (χ2v) is 10.0. The van der Waals surface area contributed by atoms with Gasteiger partial charge in [0.1, 0.15) is 0 Å². The van der Waals surface area contributed by atoms with Crippen molar-refractivity contribution in [2.45, 2.75) is 20.8 Å². The highest BCUT2D eigenvalue weighted by Gasteiger charge is 2.29. The Balaban J connectivity index is 1.53. The first-order valence-corrected chi connectivity index (χ1v) is 11.6. The summed E-state index contributed by atoms with van der Waals surface area (Å²) < 4.78 is 0.869. The van der Waals surface area contributed by atoms with Crippen molar-refractivity contribution in [3.05, 3.63) is 57.7 Å². The average Bonchev–Trinajstić information content (AvgIpc) is 2.73. The zero-order valence-electron chi connectivity index (χ0n) is 17.9. The van der Waals surface area contributed by atoms with Crippen LogP contribution in [0.3, 0.4) is 0 Å².